The summed E-state index contributed by atoms with van der Waals surface area (Å²) < 4.78 is 0. The summed E-state index contributed by atoms with van der Waals surface area (Å²) in [5.74, 6) is 0.0133. The van der Waals surface area contributed by atoms with Gasteiger partial charge in [0, 0.05) is 36.8 Å². The lowest BCUT2D eigenvalue weighted by molar-refractivity contribution is -0.132. The van der Waals surface area contributed by atoms with Gasteiger partial charge in [-0.1, -0.05) is 103 Å². The molecule has 5 nitrogen and oxygen atoms in total. The summed E-state index contributed by atoms with van der Waals surface area (Å²) in [5.41, 5.74) is 3.91. The van der Waals surface area contributed by atoms with Gasteiger partial charge in [-0.3, -0.25) is 4.79 Å². The van der Waals surface area contributed by atoms with E-state index in [1.165, 1.54) is 5.56 Å². The third-order valence-electron chi connectivity index (χ3n) is 6.75. The largest absolute Gasteiger partial charge is 0.338 e. The monoisotopic (exact) mass is 539 g/mol. The summed E-state index contributed by atoms with van der Waals surface area (Å²) in [5, 5.41) is 3.56. The number of rotatable bonds is 11. The number of nitrogens with zero attached hydrogens (tertiary/aromatic N) is 2. The SMILES string of the molecule is CC(c1ccccc1)N(CCC(=O)N(CCc1ccccc1)Cc1ccccc1)C(=O)Nc1ccc(Cl)cc1. The Hall–Kier alpha value is -4.09. The van der Waals surface area contributed by atoms with Crippen molar-refractivity contribution in [3.63, 3.8) is 0 Å². The van der Waals surface area contributed by atoms with E-state index in [0.29, 0.717) is 23.8 Å². The Balaban J connectivity index is 1.49. The van der Waals surface area contributed by atoms with Crippen molar-refractivity contribution in [2.45, 2.75) is 32.4 Å². The van der Waals surface area contributed by atoms with Gasteiger partial charge in [-0.25, -0.2) is 4.79 Å². The van der Waals surface area contributed by atoms with E-state index in [1.54, 1.807) is 29.2 Å². The Bertz CT molecular complexity index is 1320. The molecule has 4 rings (SSSR count). The molecule has 0 saturated carbocycles. The quantitative estimate of drug-likeness (QED) is 0.213. The molecule has 0 saturated heterocycles. The predicted molar refractivity (Wildman–Crippen MR) is 159 cm³/mol. The normalized spacial score (nSPS) is 11.4. The van der Waals surface area contributed by atoms with E-state index >= 15 is 0 Å². The van der Waals surface area contributed by atoms with E-state index in [9.17, 15) is 9.59 Å². The first kappa shape index (κ1) is 27.9. The van der Waals surface area contributed by atoms with Crippen LogP contribution < -0.4 is 5.32 Å². The van der Waals surface area contributed by atoms with Gasteiger partial charge in [-0.2, -0.15) is 0 Å². The van der Waals surface area contributed by atoms with Crippen LogP contribution in [0.25, 0.3) is 0 Å². The first-order valence-electron chi connectivity index (χ1n) is 13.2. The number of anilines is 1. The van der Waals surface area contributed by atoms with Gasteiger partial charge in [-0.05, 0) is 54.3 Å². The van der Waals surface area contributed by atoms with Gasteiger partial charge >= 0.3 is 6.03 Å². The van der Waals surface area contributed by atoms with Gasteiger partial charge < -0.3 is 15.1 Å². The van der Waals surface area contributed by atoms with Crippen LogP contribution in [0.15, 0.2) is 115 Å². The molecule has 0 aliphatic carbocycles. The molecule has 1 atom stereocenters. The molecule has 3 amide bonds. The molecular formula is C33H34ClN3O2. The standard InChI is InChI=1S/C33H34ClN3O2/c1-26(29-15-9-4-10-16-29)37(33(39)35-31-19-17-30(34)18-20-31)24-22-32(38)36(25-28-13-7-3-8-14-28)23-21-27-11-5-2-6-12-27/h2-20,26H,21-25H2,1H3,(H,35,39). The molecule has 0 radical (unpaired) electrons. The summed E-state index contributed by atoms with van der Waals surface area (Å²) in [6.07, 6.45) is 0.980. The predicted octanol–water partition coefficient (Wildman–Crippen LogP) is 7.60. The Morgan fingerprint density at radius 3 is 1.92 bits per heavy atom. The van der Waals surface area contributed by atoms with Crippen molar-refractivity contribution < 1.29 is 9.59 Å². The number of carbonyl (C=O) groups excluding carboxylic acids is 2. The van der Waals surface area contributed by atoms with Gasteiger partial charge in [0.2, 0.25) is 5.91 Å². The van der Waals surface area contributed by atoms with Gasteiger partial charge in [-0.15, -0.1) is 0 Å². The molecule has 0 spiro atoms. The fourth-order valence-electron chi connectivity index (χ4n) is 4.49. The van der Waals surface area contributed by atoms with Gasteiger partial charge in [0.1, 0.15) is 0 Å². The highest BCUT2D eigenvalue weighted by atomic mass is 35.5. The zero-order chi connectivity index (χ0) is 27.5. The minimum Gasteiger partial charge on any atom is -0.338 e. The van der Waals surface area contributed by atoms with Crippen molar-refractivity contribution >= 4 is 29.2 Å². The maximum atomic E-state index is 13.6. The molecule has 6 heteroatoms. The number of hydrogen-bond donors (Lipinski definition) is 1. The third-order valence-corrected chi connectivity index (χ3v) is 7.01. The average molecular weight is 540 g/mol. The van der Waals surface area contributed by atoms with Crippen molar-refractivity contribution in [3.05, 3.63) is 137 Å². The number of amides is 3. The molecule has 0 bridgehead atoms. The summed E-state index contributed by atoms with van der Waals surface area (Å²) in [7, 11) is 0. The van der Waals surface area contributed by atoms with E-state index < -0.39 is 0 Å². The molecule has 1 unspecified atom stereocenters. The number of urea groups is 1. The minimum atomic E-state index is -0.264. The fourth-order valence-corrected chi connectivity index (χ4v) is 4.62. The Morgan fingerprint density at radius 2 is 1.31 bits per heavy atom. The maximum Gasteiger partial charge on any atom is 0.322 e. The molecule has 1 N–H and O–H groups in total. The fraction of sp³-hybridized carbons (Fsp3) is 0.212. The molecule has 0 heterocycles. The van der Waals surface area contributed by atoms with Crippen molar-refractivity contribution in [1.82, 2.24) is 9.80 Å². The molecule has 200 valence electrons. The lowest BCUT2D eigenvalue weighted by Gasteiger charge is -2.31. The van der Waals surface area contributed by atoms with E-state index in [-0.39, 0.29) is 30.9 Å². The van der Waals surface area contributed by atoms with Crippen molar-refractivity contribution in [2.75, 3.05) is 18.4 Å². The molecule has 39 heavy (non-hydrogen) atoms. The van der Waals surface area contributed by atoms with Gasteiger partial charge in [0.05, 0.1) is 6.04 Å². The zero-order valence-corrected chi connectivity index (χ0v) is 22.9. The first-order chi connectivity index (χ1) is 19.0. The Kier molecular flexibility index (Phi) is 10.1. The molecule has 4 aromatic carbocycles. The van der Waals surface area contributed by atoms with E-state index in [4.69, 9.17) is 11.6 Å². The molecule has 0 aromatic heterocycles. The van der Waals surface area contributed by atoms with Crippen LogP contribution in [0.1, 0.15) is 36.1 Å². The molecule has 0 aliphatic rings. The highest BCUT2D eigenvalue weighted by Gasteiger charge is 2.24. The maximum absolute atomic E-state index is 13.6. The summed E-state index contributed by atoms with van der Waals surface area (Å²) >= 11 is 6.01. The Morgan fingerprint density at radius 1 is 0.744 bits per heavy atom. The van der Waals surface area contributed by atoms with Crippen LogP contribution in [0, 0.1) is 0 Å². The average Bonchev–Trinajstić information content (AvgIpc) is 2.98. The van der Waals surface area contributed by atoms with E-state index in [2.05, 4.69) is 17.4 Å². The van der Waals surface area contributed by atoms with Crippen LogP contribution in [0.2, 0.25) is 5.02 Å². The van der Waals surface area contributed by atoms with Gasteiger partial charge in [0.25, 0.3) is 0 Å². The summed E-state index contributed by atoms with van der Waals surface area (Å²) in [6.45, 7) is 3.39. The highest BCUT2D eigenvalue weighted by molar-refractivity contribution is 6.30. The van der Waals surface area contributed by atoms with Crippen LogP contribution in [-0.4, -0.2) is 34.8 Å². The number of halogens is 1. The van der Waals surface area contributed by atoms with Crippen LogP contribution in [0.3, 0.4) is 0 Å². The number of carbonyl (C=O) groups is 2. The van der Waals surface area contributed by atoms with Crippen LogP contribution in [0.4, 0.5) is 10.5 Å². The smallest absolute Gasteiger partial charge is 0.322 e. The van der Waals surface area contributed by atoms with Gasteiger partial charge in [0.15, 0.2) is 0 Å². The lowest BCUT2D eigenvalue weighted by atomic mass is 10.1. The van der Waals surface area contributed by atoms with Crippen molar-refractivity contribution in [1.29, 1.82) is 0 Å². The second kappa shape index (κ2) is 14.2. The van der Waals surface area contributed by atoms with E-state index in [0.717, 1.165) is 17.5 Å². The molecule has 0 fully saturated rings. The first-order valence-corrected chi connectivity index (χ1v) is 13.6. The van der Waals surface area contributed by atoms with Crippen LogP contribution >= 0.6 is 11.6 Å². The lowest BCUT2D eigenvalue weighted by Crippen LogP contribution is -2.41. The third kappa shape index (κ3) is 8.45. The highest BCUT2D eigenvalue weighted by Crippen LogP contribution is 2.23. The topological polar surface area (TPSA) is 52.7 Å². The number of nitrogens with one attached hydrogen (secondary N) is 1. The number of hydrogen-bond acceptors (Lipinski definition) is 2. The van der Waals surface area contributed by atoms with Crippen molar-refractivity contribution in [3.8, 4) is 0 Å². The van der Waals surface area contributed by atoms with Crippen LogP contribution in [0.5, 0.6) is 0 Å². The summed E-state index contributed by atoms with van der Waals surface area (Å²) in [6, 6.07) is 36.6. The van der Waals surface area contributed by atoms with Crippen LogP contribution in [-0.2, 0) is 17.8 Å². The molecular weight excluding hydrogens is 506 g/mol. The number of benzene rings is 4. The molecule has 4 aromatic rings. The second-order valence-corrected chi connectivity index (χ2v) is 9.94. The second-order valence-electron chi connectivity index (χ2n) is 9.50. The Labute approximate surface area is 236 Å². The summed E-state index contributed by atoms with van der Waals surface area (Å²) in [4.78, 5) is 30.7. The van der Waals surface area contributed by atoms with Crippen molar-refractivity contribution in [2.24, 2.45) is 0 Å². The minimum absolute atomic E-state index is 0.0133. The van der Waals surface area contributed by atoms with E-state index in [1.807, 2.05) is 90.7 Å². The molecule has 0 aliphatic heterocycles. The zero-order valence-electron chi connectivity index (χ0n) is 22.2.